The lowest BCUT2D eigenvalue weighted by Gasteiger charge is -2.13. The molecule has 0 saturated carbocycles. The fourth-order valence-corrected chi connectivity index (χ4v) is 2.18. The van der Waals surface area contributed by atoms with Crippen LogP contribution in [0, 0.1) is 0 Å². The zero-order valence-corrected chi connectivity index (χ0v) is 10.0. The summed E-state index contributed by atoms with van der Waals surface area (Å²) >= 11 is 0. The molecule has 1 aromatic carbocycles. The highest BCUT2D eigenvalue weighted by Crippen LogP contribution is 2.24. The average Bonchev–Trinajstić information content (AvgIpc) is 2.77. The summed E-state index contributed by atoms with van der Waals surface area (Å²) in [5.41, 5.74) is 9.00. The average molecular weight is 234 g/mol. The first-order chi connectivity index (χ1) is 8.24. The van der Waals surface area contributed by atoms with Crippen LogP contribution in [0.25, 0.3) is 0 Å². The van der Waals surface area contributed by atoms with Gasteiger partial charge in [0.1, 0.15) is 6.10 Å². The first-order valence-electron chi connectivity index (χ1n) is 5.90. The van der Waals surface area contributed by atoms with Crippen molar-refractivity contribution in [2.24, 2.45) is 5.73 Å². The molecule has 4 nitrogen and oxygen atoms in total. The Balaban J connectivity index is 2.06. The van der Waals surface area contributed by atoms with Gasteiger partial charge in [0, 0.05) is 19.3 Å². The lowest BCUT2D eigenvalue weighted by molar-refractivity contribution is -0.125. The van der Waals surface area contributed by atoms with Crippen molar-refractivity contribution in [3.05, 3.63) is 29.3 Å². The van der Waals surface area contributed by atoms with Crippen LogP contribution in [-0.4, -0.2) is 25.7 Å². The second-order valence-corrected chi connectivity index (χ2v) is 4.29. The number of anilines is 1. The summed E-state index contributed by atoms with van der Waals surface area (Å²) in [7, 11) is 1.49. The van der Waals surface area contributed by atoms with E-state index < -0.39 is 6.10 Å². The predicted octanol–water partition coefficient (Wildman–Crippen LogP) is 1.09. The number of amides is 1. The van der Waals surface area contributed by atoms with E-state index in [0.717, 1.165) is 18.5 Å². The quantitative estimate of drug-likeness (QED) is 0.819. The van der Waals surface area contributed by atoms with E-state index in [1.165, 1.54) is 24.7 Å². The van der Waals surface area contributed by atoms with Crippen molar-refractivity contribution in [3.63, 3.8) is 0 Å². The minimum atomic E-state index is -0.580. The van der Waals surface area contributed by atoms with Gasteiger partial charge in [-0.1, -0.05) is 6.07 Å². The maximum absolute atomic E-state index is 11.8. The number of carbonyl (C=O) groups is 1. The topological polar surface area (TPSA) is 64.3 Å². The number of ether oxygens (including phenoxy) is 1. The molecule has 0 radical (unpaired) electrons. The van der Waals surface area contributed by atoms with Crippen LogP contribution >= 0.6 is 0 Å². The van der Waals surface area contributed by atoms with E-state index in [9.17, 15) is 4.79 Å². The maximum atomic E-state index is 11.8. The lowest BCUT2D eigenvalue weighted by Crippen LogP contribution is -2.35. The summed E-state index contributed by atoms with van der Waals surface area (Å²) < 4.78 is 4.99. The van der Waals surface area contributed by atoms with E-state index in [4.69, 9.17) is 10.5 Å². The van der Waals surface area contributed by atoms with Gasteiger partial charge in [-0.25, -0.2) is 0 Å². The molecule has 0 heterocycles. The second kappa shape index (κ2) is 5.29. The predicted molar refractivity (Wildman–Crippen MR) is 66.9 cm³/mol. The first kappa shape index (κ1) is 12.1. The Kier molecular flexibility index (Phi) is 3.76. The first-order valence-corrected chi connectivity index (χ1v) is 5.90. The summed E-state index contributed by atoms with van der Waals surface area (Å²) in [4.78, 5) is 11.8. The number of hydrogen-bond donors (Lipinski definition) is 2. The number of hydrogen-bond acceptors (Lipinski definition) is 3. The van der Waals surface area contributed by atoms with Crippen molar-refractivity contribution in [2.75, 3.05) is 19.0 Å². The standard InChI is InChI=1S/C13H18N2O2/c1-17-12(8-14)13(16)15-11-6-5-9-3-2-4-10(9)7-11/h5-7,12H,2-4,8,14H2,1H3,(H,15,16). The van der Waals surface area contributed by atoms with Crippen LogP contribution in [-0.2, 0) is 22.4 Å². The Labute approximate surface area is 101 Å². The highest BCUT2D eigenvalue weighted by atomic mass is 16.5. The van der Waals surface area contributed by atoms with Crippen LogP contribution in [0.15, 0.2) is 18.2 Å². The van der Waals surface area contributed by atoms with Crippen molar-refractivity contribution in [3.8, 4) is 0 Å². The van der Waals surface area contributed by atoms with Crippen molar-refractivity contribution in [1.29, 1.82) is 0 Å². The number of benzene rings is 1. The molecule has 1 aliphatic carbocycles. The van der Waals surface area contributed by atoms with Gasteiger partial charge in [-0.05, 0) is 42.5 Å². The van der Waals surface area contributed by atoms with Crippen LogP contribution in [0.4, 0.5) is 5.69 Å². The van der Waals surface area contributed by atoms with Gasteiger partial charge < -0.3 is 15.8 Å². The summed E-state index contributed by atoms with van der Waals surface area (Å²) in [5, 5.41) is 2.83. The molecule has 1 unspecified atom stereocenters. The Morgan fingerprint density at radius 1 is 1.47 bits per heavy atom. The van der Waals surface area contributed by atoms with Gasteiger partial charge >= 0.3 is 0 Å². The molecular weight excluding hydrogens is 216 g/mol. The summed E-state index contributed by atoms with van der Waals surface area (Å²) in [6.07, 6.45) is 2.87. The van der Waals surface area contributed by atoms with Gasteiger partial charge in [-0.15, -0.1) is 0 Å². The summed E-state index contributed by atoms with van der Waals surface area (Å²) in [6, 6.07) is 6.07. The van der Waals surface area contributed by atoms with Gasteiger partial charge in [-0.2, -0.15) is 0 Å². The number of nitrogens with two attached hydrogens (primary N) is 1. The molecule has 1 aromatic rings. The number of aryl methyl sites for hydroxylation is 2. The van der Waals surface area contributed by atoms with Gasteiger partial charge in [0.15, 0.2) is 0 Å². The maximum Gasteiger partial charge on any atom is 0.254 e. The third kappa shape index (κ3) is 2.65. The van der Waals surface area contributed by atoms with Crippen LogP contribution in [0.5, 0.6) is 0 Å². The Morgan fingerprint density at radius 3 is 2.94 bits per heavy atom. The number of fused-ring (bicyclic) bond motifs is 1. The van der Waals surface area contributed by atoms with Crippen LogP contribution in [0.3, 0.4) is 0 Å². The van der Waals surface area contributed by atoms with E-state index in [1.54, 1.807) is 0 Å². The lowest BCUT2D eigenvalue weighted by atomic mass is 10.1. The largest absolute Gasteiger partial charge is 0.370 e. The monoisotopic (exact) mass is 234 g/mol. The normalized spacial score (nSPS) is 15.4. The zero-order chi connectivity index (χ0) is 12.3. The van der Waals surface area contributed by atoms with Crippen molar-refractivity contribution in [2.45, 2.75) is 25.4 Å². The molecule has 2 rings (SSSR count). The molecule has 1 amide bonds. The fraction of sp³-hybridized carbons (Fsp3) is 0.462. The summed E-state index contributed by atoms with van der Waals surface area (Å²) in [5.74, 6) is -0.187. The number of nitrogens with one attached hydrogen (secondary N) is 1. The van der Waals surface area contributed by atoms with Crippen molar-refractivity contribution >= 4 is 11.6 Å². The molecule has 0 bridgehead atoms. The molecule has 0 aromatic heterocycles. The molecular formula is C13H18N2O2. The minimum Gasteiger partial charge on any atom is -0.370 e. The number of rotatable bonds is 4. The molecule has 1 aliphatic rings. The van der Waals surface area contributed by atoms with E-state index in [2.05, 4.69) is 11.4 Å². The third-order valence-electron chi connectivity index (χ3n) is 3.16. The smallest absolute Gasteiger partial charge is 0.254 e. The molecule has 0 aliphatic heterocycles. The Bertz CT molecular complexity index is 414. The van der Waals surface area contributed by atoms with E-state index in [0.29, 0.717) is 0 Å². The van der Waals surface area contributed by atoms with Gasteiger partial charge in [0.2, 0.25) is 0 Å². The molecule has 0 spiro atoms. The molecule has 1 atom stereocenters. The molecule has 4 heteroatoms. The molecule has 0 fully saturated rings. The fourth-order valence-electron chi connectivity index (χ4n) is 2.18. The van der Waals surface area contributed by atoms with E-state index in [1.807, 2.05) is 12.1 Å². The second-order valence-electron chi connectivity index (χ2n) is 4.29. The highest BCUT2D eigenvalue weighted by Gasteiger charge is 2.17. The Hall–Kier alpha value is -1.39. The van der Waals surface area contributed by atoms with Gasteiger partial charge in [0.05, 0.1) is 0 Å². The van der Waals surface area contributed by atoms with Crippen LogP contribution in [0.2, 0.25) is 0 Å². The van der Waals surface area contributed by atoms with Gasteiger partial charge in [-0.3, -0.25) is 4.79 Å². The third-order valence-corrected chi connectivity index (χ3v) is 3.16. The zero-order valence-electron chi connectivity index (χ0n) is 10.0. The van der Waals surface area contributed by atoms with Crippen LogP contribution < -0.4 is 11.1 Å². The number of methoxy groups -OCH3 is 1. The van der Waals surface area contributed by atoms with Crippen molar-refractivity contribution in [1.82, 2.24) is 0 Å². The van der Waals surface area contributed by atoms with Gasteiger partial charge in [0.25, 0.3) is 5.91 Å². The van der Waals surface area contributed by atoms with E-state index in [-0.39, 0.29) is 12.5 Å². The highest BCUT2D eigenvalue weighted by molar-refractivity contribution is 5.94. The molecule has 17 heavy (non-hydrogen) atoms. The van der Waals surface area contributed by atoms with E-state index >= 15 is 0 Å². The Morgan fingerprint density at radius 2 is 2.24 bits per heavy atom. The molecule has 92 valence electrons. The SMILES string of the molecule is COC(CN)C(=O)Nc1ccc2c(c1)CCC2. The minimum absolute atomic E-state index is 0.187. The molecule has 0 saturated heterocycles. The summed E-state index contributed by atoms with van der Waals surface area (Å²) in [6.45, 7) is 0.188. The number of carbonyl (C=O) groups excluding carboxylic acids is 1. The molecule has 3 N–H and O–H groups in total. The van der Waals surface area contributed by atoms with Crippen LogP contribution in [0.1, 0.15) is 17.5 Å². The van der Waals surface area contributed by atoms with Crippen molar-refractivity contribution < 1.29 is 9.53 Å².